The molecular formula is C20H16O5. The van der Waals surface area contributed by atoms with Gasteiger partial charge in [0.1, 0.15) is 17.1 Å². The van der Waals surface area contributed by atoms with Gasteiger partial charge in [0.2, 0.25) is 0 Å². The van der Waals surface area contributed by atoms with Crippen molar-refractivity contribution in [2.24, 2.45) is 0 Å². The lowest BCUT2D eigenvalue weighted by molar-refractivity contribution is 0.339. The lowest BCUT2D eigenvalue weighted by Crippen LogP contribution is -1.98. The van der Waals surface area contributed by atoms with Gasteiger partial charge in [-0.3, -0.25) is 0 Å². The maximum absolute atomic E-state index is 12.0. The lowest BCUT2D eigenvalue weighted by Gasteiger charge is -2.05. The van der Waals surface area contributed by atoms with Crippen LogP contribution in [0.25, 0.3) is 33.3 Å². The minimum absolute atomic E-state index is 0.133. The van der Waals surface area contributed by atoms with Crippen molar-refractivity contribution in [2.45, 2.75) is 13.8 Å². The molecule has 0 radical (unpaired) electrons. The molecule has 0 spiro atoms. The Kier molecular flexibility index (Phi) is 3.50. The predicted octanol–water partition coefficient (Wildman–Crippen LogP) is 4.62. The van der Waals surface area contributed by atoms with Crippen molar-refractivity contribution in [3.05, 3.63) is 58.4 Å². The van der Waals surface area contributed by atoms with E-state index in [0.717, 1.165) is 5.39 Å². The van der Waals surface area contributed by atoms with Gasteiger partial charge in [-0.05, 0) is 43.7 Å². The maximum atomic E-state index is 12.0. The van der Waals surface area contributed by atoms with Crippen LogP contribution in [0, 0.1) is 6.92 Å². The third-order valence-corrected chi connectivity index (χ3v) is 4.13. The molecule has 0 aliphatic heterocycles. The quantitative estimate of drug-likeness (QED) is 0.553. The fraction of sp³-hybridized carbons (Fsp3) is 0.150. The Morgan fingerprint density at radius 1 is 1.12 bits per heavy atom. The van der Waals surface area contributed by atoms with E-state index in [1.54, 1.807) is 19.1 Å². The van der Waals surface area contributed by atoms with E-state index in [2.05, 4.69) is 0 Å². The molecule has 4 aromatic rings. The SMILES string of the molecule is CCOc1cccc2cc(-c3cc(=O)oc4cc(C)c(O)cc34)oc12. The zero-order valence-electron chi connectivity index (χ0n) is 13.8. The van der Waals surface area contributed by atoms with Crippen molar-refractivity contribution < 1.29 is 18.7 Å². The van der Waals surface area contributed by atoms with E-state index in [1.807, 2.05) is 31.2 Å². The number of rotatable bonds is 3. The molecule has 2 heterocycles. The number of para-hydroxylation sites is 1. The summed E-state index contributed by atoms with van der Waals surface area (Å²) in [6.07, 6.45) is 0. The molecule has 25 heavy (non-hydrogen) atoms. The molecule has 0 saturated carbocycles. The summed E-state index contributed by atoms with van der Waals surface area (Å²) in [7, 11) is 0. The standard InChI is InChI=1S/C20H16O5/c1-3-23-16-6-4-5-12-8-18(25-20(12)16)14-10-19(22)24-17-7-11(2)15(21)9-13(14)17/h4-10,21H,3H2,1-2H3. The van der Waals surface area contributed by atoms with Crippen LogP contribution >= 0.6 is 0 Å². The van der Waals surface area contributed by atoms with Crippen molar-refractivity contribution in [1.29, 1.82) is 0 Å². The maximum Gasteiger partial charge on any atom is 0.336 e. The molecule has 2 aromatic carbocycles. The van der Waals surface area contributed by atoms with Crippen molar-refractivity contribution in [1.82, 2.24) is 0 Å². The first kappa shape index (κ1) is 15.3. The van der Waals surface area contributed by atoms with Crippen molar-refractivity contribution in [2.75, 3.05) is 6.61 Å². The molecule has 0 fully saturated rings. The number of phenols is 1. The average molecular weight is 336 g/mol. The third-order valence-electron chi connectivity index (χ3n) is 4.13. The zero-order chi connectivity index (χ0) is 17.6. The number of hydrogen-bond acceptors (Lipinski definition) is 5. The van der Waals surface area contributed by atoms with Crippen molar-refractivity contribution in [3.63, 3.8) is 0 Å². The van der Waals surface area contributed by atoms with Crippen LogP contribution in [0.5, 0.6) is 11.5 Å². The first-order valence-electron chi connectivity index (χ1n) is 8.00. The molecule has 0 aliphatic rings. The largest absolute Gasteiger partial charge is 0.508 e. The van der Waals surface area contributed by atoms with Gasteiger partial charge in [-0.25, -0.2) is 4.79 Å². The fourth-order valence-corrected chi connectivity index (χ4v) is 2.94. The summed E-state index contributed by atoms with van der Waals surface area (Å²) in [5, 5.41) is 11.5. The minimum Gasteiger partial charge on any atom is -0.508 e. The second-order valence-corrected chi connectivity index (χ2v) is 5.83. The summed E-state index contributed by atoms with van der Waals surface area (Å²) in [4.78, 5) is 12.0. The fourth-order valence-electron chi connectivity index (χ4n) is 2.94. The van der Waals surface area contributed by atoms with Gasteiger partial charge < -0.3 is 18.7 Å². The number of phenolic OH excluding ortho intramolecular Hbond substituents is 1. The lowest BCUT2D eigenvalue weighted by atomic mass is 10.1. The highest BCUT2D eigenvalue weighted by atomic mass is 16.5. The molecule has 4 rings (SSSR count). The number of benzene rings is 2. The molecule has 0 unspecified atom stereocenters. The summed E-state index contributed by atoms with van der Waals surface area (Å²) in [5.41, 5.74) is 1.76. The highest BCUT2D eigenvalue weighted by Crippen LogP contribution is 2.37. The Labute approximate surface area is 143 Å². The molecule has 0 amide bonds. The number of aryl methyl sites for hydroxylation is 1. The highest BCUT2D eigenvalue weighted by Gasteiger charge is 2.16. The smallest absolute Gasteiger partial charge is 0.336 e. The van der Waals surface area contributed by atoms with Gasteiger partial charge in [-0.15, -0.1) is 0 Å². The predicted molar refractivity (Wildman–Crippen MR) is 95.3 cm³/mol. The van der Waals surface area contributed by atoms with Crippen LogP contribution in [0.4, 0.5) is 0 Å². The monoisotopic (exact) mass is 336 g/mol. The second kappa shape index (κ2) is 5.70. The molecule has 5 nitrogen and oxygen atoms in total. The number of fused-ring (bicyclic) bond motifs is 2. The molecule has 1 N–H and O–H groups in total. The van der Waals surface area contributed by atoms with Gasteiger partial charge in [0.25, 0.3) is 0 Å². The zero-order valence-corrected chi connectivity index (χ0v) is 13.8. The van der Waals surface area contributed by atoms with Gasteiger partial charge in [0.05, 0.1) is 6.61 Å². The van der Waals surface area contributed by atoms with Crippen LogP contribution in [-0.4, -0.2) is 11.7 Å². The van der Waals surface area contributed by atoms with E-state index in [4.69, 9.17) is 13.6 Å². The summed E-state index contributed by atoms with van der Waals surface area (Å²) in [5.74, 6) is 1.30. The van der Waals surface area contributed by atoms with Gasteiger partial charge in [-0.2, -0.15) is 0 Å². The topological polar surface area (TPSA) is 72.8 Å². The Hall–Kier alpha value is -3.21. The number of hydrogen-bond donors (Lipinski definition) is 1. The number of aromatic hydroxyl groups is 1. The van der Waals surface area contributed by atoms with Crippen LogP contribution in [0.2, 0.25) is 0 Å². The van der Waals surface area contributed by atoms with Crippen molar-refractivity contribution >= 4 is 21.9 Å². The Morgan fingerprint density at radius 2 is 1.96 bits per heavy atom. The van der Waals surface area contributed by atoms with Crippen LogP contribution in [0.3, 0.4) is 0 Å². The van der Waals surface area contributed by atoms with Crippen LogP contribution in [0.1, 0.15) is 12.5 Å². The average Bonchev–Trinajstić information content (AvgIpc) is 3.01. The summed E-state index contributed by atoms with van der Waals surface area (Å²) >= 11 is 0. The normalized spacial score (nSPS) is 11.3. The number of ether oxygens (including phenoxy) is 1. The molecule has 0 saturated heterocycles. The highest BCUT2D eigenvalue weighted by molar-refractivity contribution is 5.96. The van der Waals surface area contributed by atoms with E-state index < -0.39 is 5.63 Å². The van der Waals surface area contributed by atoms with E-state index in [1.165, 1.54) is 6.07 Å². The summed E-state index contributed by atoms with van der Waals surface area (Å²) < 4.78 is 16.8. The van der Waals surface area contributed by atoms with Crippen LogP contribution in [-0.2, 0) is 0 Å². The van der Waals surface area contributed by atoms with E-state index >= 15 is 0 Å². The first-order valence-corrected chi connectivity index (χ1v) is 8.00. The first-order chi connectivity index (χ1) is 12.1. The Morgan fingerprint density at radius 3 is 2.76 bits per heavy atom. The third kappa shape index (κ3) is 2.54. The molecule has 5 heteroatoms. The van der Waals surface area contributed by atoms with Gasteiger partial charge in [0.15, 0.2) is 11.3 Å². The molecule has 126 valence electrons. The van der Waals surface area contributed by atoms with Gasteiger partial charge in [0, 0.05) is 22.4 Å². The molecular weight excluding hydrogens is 320 g/mol. The molecule has 0 atom stereocenters. The van der Waals surface area contributed by atoms with E-state index in [-0.39, 0.29) is 5.75 Å². The Bertz CT molecular complexity index is 1150. The molecule has 0 aliphatic carbocycles. The van der Waals surface area contributed by atoms with Crippen LogP contribution < -0.4 is 10.4 Å². The minimum atomic E-state index is -0.474. The van der Waals surface area contributed by atoms with Crippen molar-refractivity contribution in [3.8, 4) is 22.8 Å². The van der Waals surface area contributed by atoms with Gasteiger partial charge >= 0.3 is 5.63 Å². The van der Waals surface area contributed by atoms with Crippen LogP contribution in [0.15, 0.2) is 56.1 Å². The van der Waals surface area contributed by atoms with Gasteiger partial charge in [-0.1, -0.05) is 12.1 Å². The summed E-state index contributed by atoms with van der Waals surface area (Å²) in [6, 6.07) is 12.1. The van der Waals surface area contributed by atoms with E-state index in [9.17, 15) is 9.90 Å². The van der Waals surface area contributed by atoms with E-state index in [0.29, 0.717) is 45.8 Å². The Balaban J connectivity index is 2.01. The summed E-state index contributed by atoms with van der Waals surface area (Å²) in [6.45, 7) is 4.18. The second-order valence-electron chi connectivity index (χ2n) is 5.83. The molecule has 2 aromatic heterocycles. The molecule has 0 bridgehead atoms. The number of furan rings is 1.